The molecule has 1 aliphatic heterocycles. The molecule has 0 saturated carbocycles. The maximum absolute atomic E-state index is 11.9. The molecule has 106 valence electrons. The van der Waals surface area contributed by atoms with Gasteiger partial charge in [-0.1, -0.05) is 18.2 Å². The standard InChI is InChI=1S/C14H15NO4S/c1-18-13(16)11(14(17)19-2)12-15(8-9-20-12)10-6-4-3-5-7-10/h3-7H,8-9H2,1-2H3. The van der Waals surface area contributed by atoms with Gasteiger partial charge in [0.25, 0.3) is 0 Å². The van der Waals surface area contributed by atoms with Crippen molar-refractivity contribution in [3.63, 3.8) is 0 Å². The first-order chi connectivity index (χ1) is 9.69. The van der Waals surface area contributed by atoms with Crippen molar-refractivity contribution in [3.8, 4) is 0 Å². The highest BCUT2D eigenvalue weighted by Gasteiger charge is 2.32. The fourth-order valence-electron chi connectivity index (χ4n) is 1.94. The normalized spacial score (nSPS) is 14.1. The molecule has 1 heterocycles. The number of benzene rings is 1. The summed E-state index contributed by atoms with van der Waals surface area (Å²) in [6.45, 7) is 0.724. The first-order valence-corrected chi connectivity index (χ1v) is 7.04. The number of rotatable bonds is 3. The van der Waals surface area contributed by atoms with Gasteiger partial charge in [-0.3, -0.25) is 0 Å². The molecular formula is C14H15NO4S. The summed E-state index contributed by atoms with van der Waals surface area (Å²) in [5.41, 5.74) is 0.874. The van der Waals surface area contributed by atoms with Crippen molar-refractivity contribution in [2.75, 3.05) is 31.4 Å². The Hall–Kier alpha value is -1.95. The van der Waals surface area contributed by atoms with Gasteiger partial charge in [-0.25, -0.2) is 9.59 Å². The Morgan fingerprint density at radius 3 is 2.25 bits per heavy atom. The van der Waals surface area contributed by atoms with Gasteiger partial charge in [0.2, 0.25) is 0 Å². The van der Waals surface area contributed by atoms with Gasteiger partial charge in [0.15, 0.2) is 5.57 Å². The van der Waals surface area contributed by atoms with E-state index in [0.717, 1.165) is 18.0 Å². The molecule has 1 aromatic carbocycles. The maximum Gasteiger partial charge on any atom is 0.348 e. The van der Waals surface area contributed by atoms with Crippen molar-refractivity contribution in [3.05, 3.63) is 40.9 Å². The van der Waals surface area contributed by atoms with Gasteiger partial charge in [-0.05, 0) is 12.1 Å². The third kappa shape index (κ3) is 2.80. The molecule has 20 heavy (non-hydrogen) atoms. The van der Waals surface area contributed by atoms with Crippen molar-refractivity contribution >= 4 is 29.4 Å². The number of carbonyl (C=O) groups is 2. The second-order valence-electron chi connectivity index (χ2n) is 4.00. The van der Waals surface area contributed by atoms with Gasteiger partial charge in [0, 0.05) is 18.0 Å². The fraction of sp³-hybridized carbons (Fsp3) is 0.286. The molecule has 0 spiro atoms. The number of methoxy groups -OCH3 is 2. The Kier molecular flexibility index (Phi) is 4.68. The molecule has 1 aliphatic rings. The molecule has 0 bridgehead atoms. The summed E-state index contributed by atoms with van der Waals surface area (Å²) in [5.74, 6) is -0.564. The van der Waals surface area contributed by atoms with Gasteiger partial charge in [0.1, 0.15) is 0 Å². The van der Waals surface area contributed by atoms with E-state index in [1.165, 1.54) is 26.0 Å². The lowest BCUT2D eigenvalue weighted by atomic mass is 10.2. The number of anilines is 1. The van der Waals surface area contributed by atoms with Crippen LogP contribution in [0.3, 0.4) is 0 Å². The summed E-state index contributed by atoms with van der Waals surface area (Å²) in [7, 11) is 2.50. The lowest BCUT2D eigenvalue weighted by Gasteiger charge is -2.20. The average Bonchev–Trinajstić information content (AvgIpc) is 2.97. The van der Waals surface area contributed by atoms with Crippen LogP contribution in [-0.2, 0) is 19.1 Å². The van der Waals surface area contributed by atoms with E-state index in [4.69, 9.17) is 9.47 Å². The van der Waals surface area contributed by atoms with Crippen LogP contribution < -0.4 is 4.90 Å². The van der Waals surface area contributed by atoms with Crippen LogP contribution >= 0.6 is 11.8 Å². The lowest BCUT2D eigenvalue weighted by Crippen LogP contribution is -2.25. The van der Waals surface area contributed by atoms with E-state index in [1.807, 2.05) is 35.2 Å². The number of hydrogen-bond acceptors (Lipinski definition) is 6. The minimum absolute atomic E-state index is 0.0543. The number of nitrogens with zero attached hydrogens (tertiary/aromatic N) is 1. The van der Waals surface area contributed by atoms with E-state index in [-0.39, 0.29) is 5.57 Å². The third-order valence-corrected chi connectivity index (χ3v) is 3.94. The van der Waals surface area contributed by atoms with Crippen LogP contribution in [0.15, 0.2) is 40.9 Å². The van der Waals surface area contributed by atoms with E-state index in [1.54, 1.807) is 0 Å². The predicted molar refractivity (Wildman–Crippen MR) is 77.3 cm³/mol. The fourth-order valence-corrected chi connectivity index (χ4v) is 3.07. The van der Waals surface area contributed by atoms with Crippen molar-refractivity contribution in [2.45, 2.75) is 0 Å². The zero-order chi connectivity index (χ0) is 14.5. The quantitative estimate of drug-likeness (QED) is 0.366. The van der Waals surface area contributed by atoms with Crippen LogP contribution in [0, 0.1) is 0 Å². The summed E-state index contributed by atoms with van der Waals surface area (Å²) in [4.78, 5) is 25.6. The van der Waals surface area contributed by atoms with Crippen LogP contribution in [0.2, 0.25) is 0 Å². The molecule has 2 rings (SSSR count). The molecule has 0 amide bonds. The first kappa shape index (κ1) is 14.5. The number of para-hydroxylation sites is 1. The molecule has 0 N–H and O–H groups in total. The zero-order valence-corrected chi connectivity index (χ0v) is 12.1. The van der Waals surface area contributed by atoms with Gasteiger partial charge in [-0.2, -0.15) is 0 Å². The zero-order valence-electron chi connectivity index (χ0n) is 11.3. The van der Waals surface area contributed by atoms with E-state index < -0.39 is 11.9 Å². The van der Waals surface area contributed by atoms with Crippen molar-refractivity contribution in [1.29, 1.82) is 0 Å². The second kappa shape index (κ2) is 6.47. The largest absolute Gasteiger partial charge is 0.465 e. The Morgan fingerprint density at radius 1 is 1.10 bits per heavy atom. The Bertz CT molecular complexity index is 523. The van der Waals surface area contributed by atoms with Crippen LogP contribution in [-0.4, -0.2) is 38.5 Å². The molecule has 1 saturated heterocycles. The highest BCUT2D eigenvalue weighted by molar-refractivity contribution is 8.03. The van der Waals surface area contributed by atoms with Crippen molar-refractivity contribution in [1.82, 2.24) is 0 Å². The Labute approximate surface area is 121 Å². The maximum atomic E-state index is 11.9. The average molecular weight is 293 g/mol. The molecule has 6 heteroatoms. The monoisotopic (exact) mass is 293 g/mol. The van der Waals surface area contributed by atoms with Crippen molar-refractivity contribution in [2.24, 2.45) is 0 Å². The highest BCUT2D eigenvalue weighted by Crippen LogP contribution is 2.35. The van der Waals surface area contributed by atoms with E-state index in [2.05, 4.69) is 0 Å². The minimum atomic E-state index is -0.679. The summed E-state index contributed by atoms with van der Waals surface area (Å²) >= 11 is 1.44. The van der Waals surface area contributed by atoms with E-state index in [9.17, 15) is 9.59 Å². The van der Waals surface area contributed by atoms with Gasteiger partial charge < -0.3 is 14.4 Å². The molecule has 1 aromatic rings. The van der Waals surface area contributed by atoms with Crippen LogP contribution in [0.1, 0.15) is 0 Å². The van der Waals surface area contributed by atoms with Gasteiger partial charge in [-0.15, -0.1) is 11.8 Å². The summed E-state index contributed by atoms with van der Waals surface area (Å²) in [6.07, 6.45) is 0. The molecule has 0 unspecified atom stereocenters. The minimum Gasteiger partial charge on any atom is -0.465 e. The molecule has 0 aromatic heterocycles. The number of hydrogen-bond donors (Lipinski definition) is 0. The van der Waals surface area contributed by atoms with Gasteiger partial charge in [0.05, 0.1) is 19.2 Å². The smallest absolute Gasteiger partial charge is 0.348 e. The molecule has 0 radical (unpaired) electrons. The third-order valence-electron chi connectivity index (χ3n) is 2.86. The summed E-state index contributed by atoms with van der Waals surface area (Å²) in [6, 6.07) is 9.59. The van der Waals surface area contributed by atoms with Gasteiger partial charge >= 0.3 is 11.9 Å². The molecular weight excluding hydrogens is 278 g/mol. The topological polar surface area (TPSA) is 55.8 Å². The van der Waals surface area contributed by atoms with Crippen LogP contribution in [0.4, 0.5) is 5.69 Å². The lowest BCUT2D eigenvalue weighted by molar-refractivity contribution is -0.144. The summed E-state index contributed by atoms with van der Waals surface area (Å²) < 4.78 is 9.39. The number of thioether (sulfide) groups is 1. The number of carbonyl (C=O) groups excluding carboxylic acids is 2. The number of esters is 2. The Balaban J connectivity index is 2.47. The summed E-state index contributed by atoms with van der Waals surface area (Å²) in [5, 5.41) is 0.579. The Morgan fingerprint density at radius 2 is 1.70 bits per heavy atom. The second-order valence-corrected chi connectivity index (χ2v) is 5.08. The van der Waals surface area contributed by atoms with Crippen molar-refractivity contribution < 1.29 is 19.1 Å². The molecule has 1 fully saturated rings. The molecule has 0 atom stereocenters. The SMILES string of the molecule is COC(=O)C(C(=O)OC)=C1SCCN1c1ccccc1. The number of ether oxygens (including phenoxy) is 2. The van der Waals surface area contributed by atoms with Crippen LogP contribution in [0.25, 0.3) is 0 Å². The predicted octanol–water partition coefficient (Wildman–Crippen LogP) is 1.80. The van der Waals surface area contributed by atoms with E-state index >= 15 is 0 Å². The molecule has 0 aliphatic carbocycles. The molecule has 5 nitrogen and oxygen atoms in total. The van der Waals surface area contributed by atoms with Crippen LogP contribution in [0.5, 0.6) is 0 Å². The highest BCUT2D eigenvalue weighted by atomic mass is 32.2. The first-order valence-electron chi connectivity index (χ1n) is 6.05. The van der Waals surface area contributed by atoms with E-state index in [0.29, 0.717) is 5.03 Å².